The number of hydrogen-bond acceptors (Lipinski definition) is 5. The van der Waals surface area contributed by atoms with E-state index in [0.717, 1.165) is 49.7 Å². The van der Waals surface area contributed by atoms with Gasteiger partial charge in [-0.3, -0.25) is 0 Å². The van der Waals surface area contributed by atoms with Gasteiger partial charge < -0.3 is 14.2 Å². The summed E-state index contributed by atoms with van der Waals surface area (Å²) < 4.78 is 36.9. The van der Waals surface area contributed by atoms with E-state index in [1.807, 2.05) is 24.3 Å². The number of ether oxygens (including phenoxy) is 1. The fourth-order valence-electron chi connectivity index (χ4n) is 2.73. The third-order valence-electron chi connectivity index (χ3n) is 4.09. The molecular weight excluding hydrogens is 328 g/mol. The second-order valence-corrected chi connectivity index (χ2v) is 5.70. The van der Waals surface area contributed by atoms with Crippen molar-refractivity contribution < 1.29 is 18.0 Å². The number of nitrogens with zero attached hydrogens (tertiary/aromatic N) is 3. The lowest BCUT2D eigenvalue weighted by Gasteiger charge is -2.28. The molecule has 25 heavy (non-hydrogen) atoms. The number of rotatable bonds is 3. The van der Waals surface area contributed by atoms with E-state index in [1.54, 1.807) is 0 Å². The zero-order chi connectivity index (χ0) is 17.2. The van der Waals surface area contributed by atoms with Crippen molar-refractivity contribution in [1.29, 1.82) is 0 Å². The summed E-state index contributed by atoms with van der Waals surface area (Å²) in [7, 11) is 0. The topological polar surface area (TPSA) is 51.4 Å². The molecule has 1 aliphatic rings. The fraction of sp³-hybridized carbons (Fsp3) is 0.222. The molecule has 2 aromatic carbocycles. The van der Waals surface area contributed by atoms with Crippen molar-refractivity contribution in [2.24, 2.45) is 0 Å². The lowest BCUT2D eigenvalue weighted by atomic mass is 10.1. The number of hydrogen-bond donors (Lipinski definition) is 0. The molecule has 128 valence electrons. The van der Waals surface area contributed by atoms with Crippen LogP contribution in [0.25, 0.3) is 22.8 Å². The summed E-state index contributed by atoms with van der Waals surface area (Å²) in [5, 5.41) is 3.92. The molecule has 7 heteroatoms. The van der Waals surface area contributed by atoms with Crippen LogP contribution in [-0.2, 0) is 4.74 Å². The highest BCUT2D eigenvalue weighted by molar-refractivity contribution is 5.63. The van der Waals surface area contributed by atoms with Crippen LogP contribution in [0.5, 0.6) is 0 Å². The number of aromatic nitrogens is 2. The summed E-state index contributed by atoms with van der Waals surface area (Å²) in [5.74, 6) is -1.33. The Kier molecular flexibility index (Phi) is 4.15. The first kappa shape index (κ1) is 15.7. The molecule has 0 amide bonds. The van der Waals surface area contributed by atoms with Gasteiger partial charge in [-0.2, -0.15) is 4.98 Å². The zero-order valence-electron chi connectivity index (χ0n) is 13.3. The van der Waals surface area contributed by atoms with E-state index in [0.29, 0.717) is 11.4 Å². The molecule has 1 aliphatic heterocycles. The van der Waals surface area contributed by atoms with E-state index < -0.39 is 11.6 Å². The third kappa shape index (κ3) is 3.23. The SMILES string of the molecule is Fc1ccc(-c2nc(-c3ccc(N4CCOCC4)cc3)no2)cc1F. The summed E-state index contributed by atoms with van der Waals surface area (Å²) in [6.45, 7) is 3.18. The van der Waals surface area contributed by atoms with Crippen molar-refractivity contribution in [2.45, 2.75) is 0 Å². The lowest BCUT2D eigenvalue weighted by molar-refractivity contribution is 0.122. The molecule has 1 aromatic heterocycles. The summed E-state index contributed by atoms with van der Waals surface area (Å²) in [6, 6.07) is 11.3. The van der Waals surface area contributed by atoms with Gasteiger partial charge in [0.25, 0.3) is 5.89 Å². The van der Waals surface area contributed by atoms with Crippen molar-refractivity contribution in [3.8, 4) is 22.8 Å². The molecule has 0 spiro atoms. The molecule has 0 N–H and O–H groups in total. The summed E-state index contributed by atoms with van der Waals surface area (Å²) in [5.41, 5.74) is 2.23. The Bertz CT molecular complexity index is 874. The average Bonchev–Trinajstić information content (AvgIpc) is 3.15. The molecule has 0 atom stereocenters. The highest BCUT2D eigenvalue weighted by atomic mass is 19.2. The van der Waals surface area contributed by atoms with Gasteiger partial charge in [-0.05, 0) is 42.5 Å². The second-order valence-electron chi connectivity index (χ2n) is 5.70. The molecule has 0 radical (unpaired) electrons. The predicted molar refractivity (Wildman–Crippen MR) is 88.1 cm³/mol. The maximum Gasteiger partial charge on any atom is 0.258 e. The Morgan fingerprint density at radius 1 is 0.880 bits per heavy atom. The first-order valence-corrected chi connectivity index (χ1v) is 7.93. The number of morpholine rings is 1. The smallest absolute Gasteiger partial charge is 0.258 e. The van der Waals surface area contributed by atoms with Crippen molar-refractivity contribution in [2.75, 3.05) is 31.2 Å². The maximum atomic E-state index is 13.3. The number of benzene rings is 2. The van der Waals surface area contributed by atoms with Crippen LogP contribution >= 0.6 is 0 Å². The largest absolute Gasteiger partial charge is 0.378 e. The Morgan fingerprint density at radius 2 is 1.60 bits per heavy atom. The number of anilines is 1. The van der Waals surface area contributed by atoms with Gasteiger partial charge in [0.1, 0.15) is 0 Å². The van der Waals surface area contributed by atoms with Gasteiger partial charge >= 0.3 is 0 Å². The van der Waals surface area contributed by atoms with Crippen molar-refractivity contribution in [1.82, 2.24) is 10.1 Å². The van der Waals surface area contributed by atoms with Crippen LogP contribution in [-0.4, -0.2) is 36.4 Å². The minimum Gasteiger partial charge on any atom is -0.378 e. The fourth-order valence-corrected chi connectivity index (χ4v) is 2.73. The van der Waals surface area contributed by atoms with Crippen molar-refractivity contribution in [3.05, 3.63) is 54.1 Å². The van der Waals surface area contributed by atoms with Gasteiger partial charge in [0.05, 0.1) is 13.2 Å². The predicted octanol–water partition coefficient (Wildman–Crippen LogP) is 3.52. The van der Waals surface area contributed by atoms with Crippen molar-refractivity contribution in [3.63, 3.8) is 0 Å². The maximum absolute atomic E-state index is 13.3. The van der Waals surface area contributed by atoms with Crippen LogP contribution in [0.2, 0.25) is 0 Å². The number of halogens is 2. The lowest BCUT2D eigenvalue weighted by Crippen LogP contribution is -2.36. The van der Waals surface area contributed by atoms with Gasteiger partial charge in [0.2, 0.25) is 5.82 Å². The van der Waals surface area contributed by atoms with E-state index in [4.69, 9.17) is 9.26 Å². The van der Waals surface area contributed by atoms with Gasteiger partial charge in [-0.15, -0.1) is 0 Å². The molecule has 1 saturated heterocycles. The van der Waals surface area contributed by atoms with E-state index in [9.17, 15) is 8.78 Å². The molecule has 2 heterocycles. The molecule has 3 aromatic rings. The quantitative estimate of drug-likeness (QED) is 0.728. The van der Waals surface area contributed by atoms with Crippen LogP contribution in [0.4, 0.5) is 14.5 Å². The molecule has 0 aliphatic carbocycles. The van der Waals surface area contributed by atoms with E-state index in [2.05, 4.69) is 15.0 Å². The highest BCUT2D eigenvalue weighted by Crippen LogP contribution is 2.25. The third-order valence-corrected chi connectivity index (χ3v) is 4.09. The van der Waals surface area contributed by atoms with Gasteiger partial charge in [-0.25, -0.2) is 8.78 Å². The average molecular weight is 343 g/mol. The Morgan fingerprint density at radius 3 is 2.32 bits per heavy atom. The minimum absolute atomic E-state index is 0.145. The minimum atomic E-state index is -0.952. The Labute approximate surface area is 142 Å². The summed E-state index contributed by atoms with van der Waals surface area (Å²) in [6.07, 6.45) is 0. The van der Waals surface area contributed by atoms with Crippen LogP contribution in [0.1, 0.15) is 0 Å². The molecular formula is C18H15F2N3O2. The van der Waals surface area contributed by atoms with Gasteiger partial charge in [0.15, 0.2) is 11.6 Å². The normalized spacial score (nSPS) is 14.7. The van der Waals surface area contributed by atoms with E-state index in [-0.39, 0.29) is 5.89 Å². The van der Waals surface area contributed by atoms with Gasteiger partial charge in [0, 0.05) is 29.9 Å². The van der Waals surface area contributed by atoms with E-state index >= 15 is 0 Å². The molecule has 4 rings (SSSR count). The molecule has 0 unspecified atom stereocenters. The van der Waals surface area contributed by atoms with Crippen LogP contribution < -0.4 is 4.90 Å². The summed E-state index contributed by atoms with van der Waals surface area (Å²) in [4.78, 5) is 6.51. The highest BCUT2D eigenvalue weighted by Gasteiger charge is 2.14. The van der Waals surface area contributed by atoms with Gasteiger partial charge in [-0.1, -0.05) is 5.16 Å². The Balaban J connectivity index is 1.56. The van der Waals surface area contributed by atoms with Crippen LogP contribution in [0.15, 0.2) is 47.0 Å². The molecule has 5 nitrogen and oxygen atoms in total. The first-order valence-electron chi connectivity index (χ1n) is 7.93. The monoisotopic (exact) mass is 343 g/mol. The molecule has 0 bridgehead atoms. The Hall–Kier alpha value is -2.80. The zero-order valence-corrected chi connectivity index (χ0v) is 13.3. The summed E-state index contributed by atoms with van der Waals surface area (Å²) >= 11 is 0. The van der Waals surface area contributed by atoms with E-state index in [1.165, 1.54) is 6.07 Å². The van der Waals surface area contributed by atoms with Crippen molar-refractivity contribution >= 4 is 5.69 Å². The first-order chi connectivity index (χ1) is 12.2. The van der Waals surface area contributed by atoms with Crippen LogP contribution in [0.3, 0.4) is 0 Å². The second kappa shape index (κ2) is 6.60. The molecule has 0 saturated carbocycles. The molecule has 1 fully saturated rings. The van der Waals surface area contributed by atoms with Crippen LogP contribution in [0, 0.1) is 11.6 Å². The standard InChI is InChI=1S/C18H15F2N3O2/c19-15-6-3-13(11-16(15)20)18-21-17(22-25-18)12-1-4-14(5-2-12)23-7-9-24-10-8-23/h1-6,11H,7-10H2.